The topological polar surface area (TPSA) is 9.23 Å². The molecular formula is C49H30O. The predicted molar refractivity (Wildman–Crippen MR) is 207 cm³/mol. The van der Waals surface area contributed by atoms with Crippen molar-refractivity contribution in [1.82, 2.24) is 0 Å². The molecule has 0 saturated carbocycles. The molecule has 1 heteroatoms. The van der Waals surface area contributed by atoms with Crippen molar-refractivity contribution >= 4 is 32.3 Å². The van der Waals surface area contributed by atoms with Crippen molar-refractivity contribution in [1.29, 1.82) is 0 Å². The summed E-state index contributed by atoms with van der Waals surface area (Å²) in [5.41, 5.74) is 11.9. The summed E-state index contributed by atoms with van der Waals surface area (Å²) in [5, 5.41) is 7.77. The van der Waals surface area contributed by atoms with E-state index in [1.807, 2.05) is 0 Å². The minimum atomic E-state index is -0.439. The van der Waals surface area contributed by atoms with Gasteiger partial charge in [-0.15, -0.1) is 0 Å². The van der Waals surface area contributed by atoms with E-state index in [2.05, 4.69) is 182 Å². The molecule has 0 N–H and O–H groups in total. The van der Waals surface area contributed by atoms with Crippen LogP contribution in [-0.4, -0.2) is 0 Å². The minimum Gasteiger partial charge on any atom is -0.457 e. The number of para-hydroxylation sites is 1. The fourth-order valence-corrected chi connectivity index (χ4v) is 8.98. The van der Waals surface area contributed by atoms with Crippen LogP contribution in [0, 0.1) is 0 Å². The first-order valence-electron chi connectivity index (χ1n) is 17.3. The summed E-state index contributed by atoms with van der Waals surface area (Å²) in [4.78, 5) is 0. The second-order valence-corrected chi connectivity index (χ2v) is 13.6. The van der Waals surface area contributed by atoms with Crippen LogP contribution in [0.2, 0.25) is 0 Å². The molecule has 11 rings (SSSR count). The van der Waals surface area contributed by atoms with Crippen molar-refractivity contribution in [3.05, 3.63) is 204 Å². The number of hydrogen-bond donors (Lipinski definition) is 0. The standard InChI is InChI=1S/C49H30O/c1-2-13-37-35(11-1)36-12-3-4-14-38(36)42-29-33(25-27-39(37)42)31-21-23-32(24-22-31)34-26-28-46-48(30-34)50-47-20-10-9-19-45(47)49(46)43-17-7-5-15-40(43)41-16-6-8-18-44(41)49/h1-30H. The number of rotatable bonds is 2. The fraction of sp³-hybridized carbons (Fsp3) is 0.0204. The predicted octanol–water partition coefficient (Wildman–Crippen LogP) is 12.9. The summed E-state index contributed by atoms with van der Waals surface area (Å²) in [5.74, 6) is 1.82. The van der Waals surface area contributed by atoms with Gasteiger partial charge < -0.3 is 4.74 Å². The molecule has 0 unspecified atom stereocenters. The second kappa shape index (κ2) is 10.3. The number of benzene rings is 9. The van der Waals surface area contributed by atoms with Gasteiger partial charge in [-0.25, -0.2) is 0 Å². The Balaban J connectivity index is 1.03. The fourth-order valence-electron chi connectivity index (χ4n) is 8.98. The van der Waals surface area contributed by atoms with Crippen LogP contribution in [0.15, 0.2) is 182 Å². The van der Waals surface area contributed by atoms with E-state index in [1.165, 1.54) is 76.8 Å². The maximum absolute atomic E-state index is 6.76. The smallest absolute Gasteiger partial charge is 0.132 e. The average Bonchev–Trinajstić information content (AvgIpc) is 3.48. The maximum Gasteiger partial charge on any atom is 0.132 e. The summed E-state index contributed by atoms with van der Waals surface area (Å²) in [6.45, 7) is 0. The number of hydrogen-bond acceptors (Lipinski definition) is 1. The van der Waals surface area contributed by atoms with Crippen LogP contribution in [0.25, 0.3) is 65.7 Å². The van der Waals surface area contributed by atoms with Crippen molar-refractivity contribution in [2.75, 3.05) is 0 Å². The molecule has 1 nitrogen and oxygen atoms in total. The summed E-state index contributed by atoms with van der Waals surface area (Å²) < 4.78 is 6.76. The highest BCUT2D eigenvalue weighted by Crippen LogP contribution is 2.62. The SMILES string of the molecule is c1ccc2c(c1)Oc1cc(-c3ccc(-c4ccc5c6ccccc6c6ccccc6c5c4)cc3)ccc1C21c2ccccc2-c2ccccc21. The third kappa shape index (κ3) is 3.67. The van der Waals surface area contributed by atoms with Gasteiger partial charge in [-0.1, -0.05) is 164 Å². The lowest BCUT2D eigenvalue weighted by Crippen LogP contribution is -2.32. The third-order valence-electron chi connectivity index (χ3n) is 11.1. The zero-order valence-electron chi connectivity index (χ0n) is 27.2. The zero-order valence-corrected chi connectivity index (χ0v) is 27.2. The summed E-state index contributed by atoms with van der Waals surface area (Å²) >= 11 is 0. The molecule has 2 aliphatic rings. The molecule has 1 heterocycles. The molecule has 0 amide bonds. The number of ether oxygens (including phenoxy) is 1. The van der Waals surface area contributed by atoms with Crippen molar-refractivity contribution in [2.45, 2.75) is 5.41 Å². The summed E-state index contributed by atoms with van der Waals surface area (Å²) in [7, 11) is 0. The van der Waals surface area contributed by atoms with Crippen molar-refractivity contribution in [3.63, 3.8) is 0 Å². The Labute approximate surface area is 290 Å². The Kier molecular flexibility index (Phi) is 5.66. The van der Waals surface area contributed by atoms with E-state index in [4.69, 9.17) is 4.74 Å². The van der Waals surface area contributed by atoms with Crippen LogP contribution in [-0.2, 0) is 5.41 Å². The molecule has 9 aromatic carbocycles. The van der Waals surface area contributed by atoms with Crippen molar-refractivity contribution < 1.29 is 4.74 Å². The van der Waals surface area contributed by atoms with E-state index in [-0.39, 0.29) is 0 Å². The highest BCUT2D eigenvalue weighted by molar-refractivity contribution is 6.25. The van der Waals surface area contributed by atoms with E-state index in [0.717, 1.165) is 22.6 Å². The Morgan fingerprint density at radius 1 is 0.280 bits per heavy atom. The van der Waals surface area contributed by atoms with Crippen LogP contribution in [0.3, 0.4) is 0 Å². The van der Waals surface area contributed by atoms with Crippen molar-refractivity contribution in [3.8, 4) is 44.9 Å². The maximum atomic E-state index is 6.76. The molecule has 1 aliphatic heterocycles. The highest BCUT2D eigenvalue weighted by atomic mass is 16.5. The van der Waals surface area contributed by atoms with Crippen LogP contribution in [0.4, 0.5) is 0 Å². The molecule has 0 aromatic heterocycles. The van der Waals surface area contributed by atoms with E-state index >= 15 is 0 Å². The lowest BCUT2D eigenvalue weighted by atomic mass is 9.66. The van der Waals surface area contributed by atoms with Gasteiger partial charge >= 0.3 is 0 Å². The third-order valence-corrected chi connectivity index (χ3v) is 11.1. The quantitative estimate of drug-likeness (QED) is 0.172. The molecule has 0 bridgehead atoms. The largest absolute Gasteiger partial charge is 0.457 e. The Morgan fingerprint density at radius 2 is 0.700 bits per heavy atom. The number of fused-ring (bicyclic) bond motifs is 15. The first-order valence-corrected chi connectivity index (χ1v) is 17.3. The zero-order chi connectivity index (χ0) is 32.8. The van der Waals surface area contributed by atoms with E-state index in [9.17, 15) is 0 Å². The van der Waals surface area contributed by atoms with Crippen LogP contribution >= 0.6 is 0 Å². The lowest BCUT2D eigenvalue weighted by molar-refractivity contribution is 0.436. The van der Waals surface area contributed by atoms with Gasteiger partial charge in [0.15, 0.2) is 0 Å². The average molecular weight is 635 g/mol. The lowest BCUT2D eigenvalue weighted by Gasteiger charge is -2.39. The molecule has 0 atom stereocenters. The van der Waals surface area contributed by atoms with Gasteiger partial charge in [-0.2, -0.15) is 0 Å². The van der Waals surface area contributed by atoms with Gasteiger partial charge in [0.1, 0.15) is 11.5 Å². The van der Waals surface area contributed by atoms with Crippen molar-refractivity contribution in [2.24, 2.45) is 0 Å². The van der Waals surface area contributed by atoms with Crippen LogP contribution < -0.4 is 4.74 Å². The van der Waals surface area contributed by atoms with Crippen LogP contribution in [0.5, 0.6) is 11.5 Å². The van der Waals surface area contributed by atoms with Gasteiger partial charge in [0.05, 0.1) is 5.41 Å². The molecule has 1 spiro atoms. The van der Waals surface area contributed by atoms with Gasteiger partial charge in [0, 0.05) is 11.1 Å². The normalized spacial score (nSPS) is 13.5. The van der Waals surface area contributed by atoms with Gasteiger partial charge in [-0.05, 0) is 95.0 Å². The minimum absolute atomic E-state index is 0.439. The Bertz CT molecular complexity index is 2760. The molecule has 0 saturated heterocycles. The molecule has 232 valence electrons. The highest BCUT2D eigenvalue weighted by Gasteiger charge is 2.50. The second-order valence-electron chi connectivity index (χ2n) is 13.6. The van der Waals surface area contributed by atoms with Gasteiger partial charge in [-0.3, -0.25) is 0 Å². The monoisotopic (exact) mass is 634 g/mol. The van der Waals surface area contributed by atoms with Gasteiger partial charge in [0.2, 0.25) is 0 Å². The molecule has 0 radical (unpaired) electrons. The molecule has 0 fully saturated rings. The molecule has 50 heavy (non-hydrogen) atoms. The Hall–Kier alpha value is -6.44. The molecular weight excluding hydrogens is 605 g/mol. The van der Waals surface area contributed by atoms with Crippen LogP contribution in [0.1, 0.15) is 22.3 Å². The van der Waals surface area contributed by atoms with E-state index in [1.54, 1.807) is 0 Å². The molecule has 1 aliphatic carbocycles. The summed E-state index contributed by atoms with van der Waals surface area (Å²) in [6, 6.07) is 66.5. The Morgan fingerprint density at radius 3 is 1.32 bits per heavy atom. The van der Waals surface area contributed by atoms with E-state index in [0.29, 0.717) is 0 Å². The molecule has 9 aromatic rings. The first kappa shape index (κ1) is 27.5. The summed E-state index contributed by atoms with van der Waals surface area (Å²) in [6.07, 6.45) is 0. The first-order chi connectivity index (χ1) is 24.8. The van der Waals surface area contributed by atoms with E-state index < -0.39 is 5.41 Å². The van der Waals surface area contributed by atoms with Gasteiger partial charge in [0.25, 0.3) is 0 Å².